The minimum Gasteiger partial charge on any atom is -0.352 e. The third-order valence-corrected chi connectivity index (χ3v) is 8.12. The highest BCUT2D eigenvalue weighted by atomic mass is 79.9. The van der Waals surface area contributed by atoms with Crippen molar-refractivity contribution >= 4 is 43.5 Å². The van der Waals surface area contributed by atoms with E-state index < -0.39 is 22.0 Å². The van der Waals surface area contributed by atoms with Gasteiger partial charge in [-0.3, -0.25) is 13.9 Å². The van der Waals surface area contributed by atoms with E-state index in [0.717, 1.165) is 58.3 Å². The van der Waals surface area contributed by atoms with Gasteiger partial charge in [-0.1, -0.05) is 60.0 Å². The molecular weight excluding hydrogens is 530 g/mol. The Bertz CT molecular complexity index is 1110. The lowest BCUT2D eigenvalue weighted by Crippen LogP contribution is -2.52. The molecule has 2 amide bonds. The lowest BCUT2D eigenvalue weighted by Gasteiger charge is -2.32. The molecule has 7 nitrogen and oxygen atoms in total. The number of sulfonamides is 1. The fraction of sp³-hybridized carbons (Fsp3) is 0.462. The van der Waals surface area contributed by atoms with Gasteiger partial charge in [0, 0.05) is 17.1 Å². The molecule has 2 aromatic rings. The van der Waals surface area contributed by atoms with E-state index in [1.165, 1.54) is 4.90 Å². The van der Waals surface area contributed by atoms with Gasteiger partial charge >= 0.3 is 0 Å². The number of nitrogens with zero attached hydrogens (tertiary/aromatic N) is 2. The summed E-state index contributed by atoms with van der Waals surface area (Å²) >= 11 is 3.41. The Morgan fingerprint density at radius 3 is 2.14 bits per heavy atom. The molecule has 0 aliphatic heterocycles. The Morgan fingerprint density at radius 2 is 1.60 bits per heavy atom. The van der Waals surface area contributed by atoms with Crippen molar-refractivity contribution in [2.75, 3.05) is 17.1 Å². The molecule has 190 valence electrons. The van der Waals surface area contributed by atoms with Crippen molar-refractivity contribution in [1.82, 2.24) is 10.2 Å². The van der Waals surface area contributed by atoms with Gasteiger partial charge in [0.05, 0.1) is 11.9 Å². The topological polar surface area (TPSA) is 86.8 Å². The summed E-state index contributed by atoms with van der Waals surface area (Å²) < 4.78 is 27.3. The van der Waals surface area contributed by atoms with E-state index in [2.05, 4.69) is 21.2 Å². The van der Waals surface area contributed by atoms with Crippen LogP contribution in [0.3, 0.4) is 0 Å². The van der Waals surface area contributed by atoms with Gasteiger partial charge in [-0.05, 0) is 61.6 Å². The van der Waals surface area contributed by atoms with E-state index in [1.807, 2.05) is 43.3 Å². The van der Waals surface area contributed by atoms with E-state index in [0.29, 0.717) is 5.69 Å². The smallest absolute Gasteiger partial charge is 0.244 e. The van der Waals surface area contributed by atoms with Gasteiger partial charge < -0.3 is 10.2 Å². The molecule has 0 saturated heterocycles. The van der Waals surface area contributed by atoms with Crippen molar-refractivity contribution in [3.05, 3.63) is 64.1 Å². The lowest BCUT2D eigenvalue weighted by atomic mass is 10.1. The number of hydrogen-bond donors (Lipinski definition) is 1. The molecule has 1 atom stereocenters. The van der Waals surface area contributed by atoms with E-state index in [-0.39, 0.29) is 25.0 Å². The number of anilines is 1. The Morgan fingerprint density at radius 1 is 1.03 bits per heavy atom. The summed E-state index contributed by atoms with van der Waals surface area (Å²) in [4.78, 5) is 28.1. The van der Waals surface area contributed by atoms with Crippen LogP contribution >= 0.6 is 15.9 Å². The molecule has 0 aromatic heterocycles. The first-order valence-corrected chi connectivity index (χ1v) is 14.6. The summed E-state index contributed by atoms with van der Waals surface area (Å²) in [5, 5.41) is 3.06. The largest absolute Gasteiger partial charge is 0.352 e. The van der Waals surface area contributed by atoms with Gasteiger partial charge in [0.15, 0.2) is 0 Å². The number of aryl methyl sites for hydroxylation is 1. The molecule has 0 unspecified atom stereocenters. The molecule has 9 heteroatoms. The summed E-state index contributed by atoms with van der Waals surface area (Å²) in [6, 6.07) is 14.0. The second-order valence-corrected chi connectivity index (χ2v) is 11.9. The highest BCUT2D eigenvalue weighted by Gasteiger charge is 2.31. The first-order valence-electron chi connectivity index (χ1n) is 12.0. The number of halogens is 1. The van der Waals surface area contributed by atoms with E-state index in [4.69, 9.17) is 0 Å². The fourth-order valence-corrected chi connectivity index (χ4v) is 5.39. The Labute approximate surface area is 217 Å². The predicted octanol–water partition coefficient (Wildman–Crippen LogP) is 4.25. The fourth-order valence-electron chi connectivity index (χ4n) is 4.27. The second-order valence-electron chi connectivity index (χ2n) is 9.10. The molecule has 1 aliphatic carbocycles. The number of amides is 2. The van der Waals surface area contributed by atoms with Crippen molar-refractivity contribution in [2.45, 2.75) is 64.6 Å². The molecule has 0 heterocycles. The van der Waals surface area contributed by atoms with Gasteiger partial charge in [-0.2, -0.15) is 0 Å². The van der Waals surface area contributed by atoms with Crippen LogP contribution in [-0.2, 0) is 32.6 Å². The number of rotatable bonds is 10. The molecule has 0 radical (unpaired) electrons. The van der Waals surface area contributed by atoms with Crippen LogP contribution < -0.4 is 9.62 Å². The van der Waals surface area contributed by atoms with Crippen LogP contribution in [0.4, 0.5) is 5.69 Å². The maximum atomic E-state index is 13.6. The summed E-state index contributed by atoms with van der Waals surface area (Å²) in [6.07, 6.45) is 5.96. The SMILES string of the molecule is CCc1ccc(N(CC(=O)N(Cc2ccc(Br)cc2)[C@@H](C)C(=O)NC2CCCC2)S(C)(=O)=O)cc1. The average molecular weight is 565 g/mol. The van der Waals surface area contributed by atoms with E-state index in [9.17, 15) is 18.0 Å². The lowest BCUT2D eigenvalue weighted by molar-refractivity contribution is -0.139. The second kappa shape index (κ2) is 12.0. The Kier molecular flexibility index (Phi) is 9.35. The van der Waals surface area contributed by atoms with E-state index in [1.54, 1.807) is 19.1 Å². The molecule has 1 N–H and O–H groups in total. The normalized spacial score (nSPS) is 15.0. The van der Waals surface area contributed by atoms with Crippen molar-refractivity contribution in [2.24, 2.45) is 0 Å². The van der Waals surface area contributed by atoms with Crippen molar-refractivity contribution in [3.63, 3.8) is 0 Å². The average Bonchev–Trinajstić information content (AvgIpc) is 3.34. The number of carbonyl (C=O) groups excluding carboxylic acids is 2. The van der Waals surface area contributed by atoms with Crippen LogP contribution in [0.5, 0.6) is 0 Å². The Hall–Kier alpha value is -2.39. The maximum absolute atomic E-state index is 13.6. The minimum atomic E-state index is -3.73. The van der Waals surface area contributed by atoms with Crippen molar-refractivity contribution in [3.8, 4) is 0 Å². The zero-order valence-corrected chi connectivity index (χ0v) is 22.9. The maximum Gasteiger partial charge on any atom is 0.244 e. The molecule has 35 heavy (non-hydrogen) atoms. The van der Waals surface area contributed by atoms with Gasteiger partial charge in [0.2, 0.25) is 21.8 Å². The van der Waals surface area contributed by atoms with Crippen molar-refractivity contribution < 1.29 is 18.0 Å². The van der Waals surface area contributed by atoms with Crippen molar-refractivity contribution in [1.29, 1.82) is 0 Å². The molecular formula is C26H34BrN3O4S. The zero-order valence-electron chi connectivity index (χ0n) is 20.5. The number of carbonyl (C=O) groups is 2. The van der Waals surface area contributed by atoms with Crippen LogP contribution in [-0.4, -0.2) is 50.0 Å². The summed E-state index contributed by atoms with van der Waals surface area (Å²) in [5.41, 5.74) is 2.34. The Balaban J connectivity index is 1.86. The molecule has 0 bridgehead atoms. The van der Waals surface area contributed by atoms with E-state index >= 15 is 0 Å². The molecule has 1 fully saturated rings. The first kappa shape index (κ1) is 27.2. The molecule has 2 aromatic carbocycles. The first-order chi connectivity index (χ1) is 16.6. The van der Waals surface area contributed by atoms with Crippen LogP contribution in [0.2, 0.25) is 0 Å². The highest BCUT2D eigenvalue weighted by molar-refractivity contribution is 9.10. The molecule has 1 saturated carbocycles. The van der Waals surface area contributed by atoms with Crippen LogP contribution in [0.25, 0.3) is 0 Å². The summed E-state index contributed by atoms with van der Waals surface area (Å²) in [7, 11) is -3.73. The predicted molar refractivity (Wildman–Crippen MR) is 143 cm³/mol. The third kappa shape index (κ3) is 7.54. The quantitative estimate of drug-likeness (QED) is 0.468. The zero-order chi connectivity index (χ0) is 25.6. The van der Waals surface area contributed by atoms with Crippen LogP contribution in [0, 0.1) is 0 Å². The number of hydrogen-bond acceptors (Lipinski definition) is 4. The summed E-state index contributed by atoms with van der Waals surface area (Å²) in [6.45, 7) is 3.52. The standard InChI is InChI=1S/C26H34BrN3O4S/c1-4-20-11-15-24(16-12-20)30(35(3,33)34)18-25(31)29(17-21-9-13-22(27)14-10-21)19(2)26(32)28-23-7-5-6-8-23/h9-16,19,23H,4-8,17-18H2,1-3H3,(H,28,32)/t19-/m0/s1. The van der Waals surface area contributed by atoms with Crippen LogP contribution in [0.15, 0.2) is 53.0 Å². The minimum absolute atomic E-state index is 0.124. The summed E-state index contributed by atoms with van der Waals surface area (Å²) in [5.74, 6) is -0.660. The monoisotopic (exact) mass is 563 g/mol. The van der Waals surface area contributed by atoms with Gasteiger partial charge in [0.1, 0.15) is 12.6 Å². The number of benzene rings is 2. The number of nitrogens with one attached hydrogen (secondary N) is 1. The molecule has 1 aliphatic rings. The van der Waals surface area contributed by atoms with Gasteiger partial charge in [-0.25, -0.2) is 8.42 Å². The van der Waals surface area contributed by atoms with Crippen LogP contribution in [0.1, 0.15) is 50.7 Å². The third-order valence-electron chi connectivity index (χ3n) is 6.45. The van der Waals surface area contributed by atoms with Gasteiger partial charge in [0.25, 0.3) is 0 Å². The van der Waals surface area contributed by atoms with Gasteiger partial charge in [-0.15, -0.1) is 0 Å². The molecule has 0 spiro atoms. The highest BCUT2D eigenvalue weighted by Crippen LogP contribution is 2.22. The molecule has 3 rings (SSSR count).